The lowest BCUT2D eigenvalue weighted by atomic mass is 10.0. The first kappa shape index (κ1) is 12.8. The summed E-state index contributed by atoms with van der Waals surface area (Å²) in [4.78, 5) is 13.4. The van der Waals surface area contributed by atoms with E-state index in [2.05, 4.69) is 5.32 Å². The van der Waals surface area contributed by atoms with Gasteiger partial charge in [-0.25, -0.2) is 0 Å². The molecule has 2 nitrogen and oxygen atoms in total. The molecular weight excluding hydrogens is 242 g/mol. The number of carbonyl (C=O) groups excluding carboxylic acids is 1. The molecular formula is C15H17NOS. The predicted octanol–water partition coefficient (Wildman–Crippen LogP) is 3.86. The zero-order valence-electron chi connectivity index (χ0n) is 10.9. The van der Waals surface area contributed by atoms with Gasteiger partial charge in [0.1, 0.15) is 0 Å². The first-order chi connectivity index (χ1) is 8.58. The quantitative estimate of drug-likeness (QED) is 0.891. The molecule has 1 atom stereocenters. The number of carbonyl (C=O) groups is 1. The SMILES string of the molecule is Cc1ccc(C(=O)NC(C)c2cccs2)c(C)c1. The van der Waals surface area contributed by atoms with Crippen molar-refractivity contribution in [1.82, 2.24) is 5.32 Å². The minimum Gasteiger partial charge on any atom is -0.345 e. The number of thiophene rings is 1. The highest BCUT2D eigenvalue weighted by Gasteiger charge is 2.13. The minimum atomic E-state index is -0.00611. The first-order valence-corrected chi connectivity index (χ1v) is 6.87. The average molecular weight is 259 g/mol. The molecule has 2 rings (SSSR count). The van der Waals surface area contributed by atoms with Crippen molar-refractivity contribution in [1.29, 1.82) is 0 Å². The third kappa shape index (κ3) is 2.79. The van der Waals surface area contributed by atoms with E-state index in [-0.39, 0.29) is 11.9 Å². The van der Waals surface area contributed by atoms with Crippen LogP contribution < -0.4 is 5.32 Å². The standard InChI is InChI=1S/C15H17NOS/c1-10-6-7-13(11(2)9-10)15(17)16-12(3)14-5-4-8-18-14/h4-9,12H,1-3H3,(H,16,17). The van der Waals surface area contributed by atoms with Gasteiger partial charge in [-0.2, -0.15) is 0 Å². The van der Waals surface area contributed by atoms with Crippen molar-refractivity contribution in [2.24, 2.45) is 0 Å². The van der Waals surface area contributed by atoms with Gasteiger partial charge in [0.15, 0.2) is 0 Å². The van der Waals surface area contributed by atoms with Crippen molar-refractivity contribution in [3.8, 4) is 0 Å². The van der Waals surface area contributed by atoms with Gasteiger partial charge in [0, 0.05) is 10.4 Å². The summed E-state index contributed by atoms with van der Waals surface area (Å²) in [5.74, 6) is -0.00611. The van der Waals surface area contributed by atoms with Gasteiger partial charge in [-0.05, 0) is 43.8 Å². The maximum atomic E-state index is 12.2. The summed E-state index contributed by atoms with van der Waals surface area (Å²) in [6, 6.07) is 9.99. The smallest absolute Gasteiger partial charge is 0.252 e. The van der Waals surface area contributed by atoms with Crippen molar-refractivity contribution in [2.75, 3.05) is 0 Å². The van der Waals surface area contributed by atoms with Gasteiger partial charge < -0.3 is 5.32 Å². The molecule has 1 heterocycles. The van der Waals surface area contributed by atoms with E-state index >= 15 is 0 Å². The maximum Gasteiger partial charge on any atom is 0.252 e. The van der Waals surface area contributed by atoms with Crippen LogP contribution in [0.5, 0.6) is 0 Å². The van der Waals surface area contributed by atoms with Crippen LogP contribution in [0.1, 0.15) is 39.3 Å². The Morgan fingerprint density at radius 3 is 2.67 bits per heavy atom. The fourth-order valence-corrected chi connectivity index (χ4v) is 2.69. The molecule has 2 aromatic rings. The third-order valence-electron chi connectivity index (χ3n) is 2.94. The van der Waals surface area contributed by atoms with Crippen LogP contribution in [0, 0.1) is 13.8 Å². The molecule has 0 fully saturated rings. The van der Waals surface area contributed by atoms with Crippen molar-refractivity contribution in [2.45, 2.75) is 26.8 Å². The Kier molecular flexibility index (Phi) is 3.82. The van der Waals surface area contributed by atoms with E-state index in [0.717, 1.165) is 11.1 Å². The van der Waals surface area contributed by atoms with Crippen LogP contribution >= 0.6 is 11.3 Å². The predicted molar refractivity (Wildman–Crippen MR) is 76.1 cm³/mol. The molecule has 0 bridgehead atoms. The van der Waals surface area contributed by atoms with E-state index in [1.807, 2.05) is 56.5 Å². The van der Waals surface area contributed by atoms with Gasteiger partial charge in [-0.3, -0.25) is 4.79 Å². The summed E-state index contributed by atoms with van der Waals surface area (Å²) in [6.07, 6.45) is 0. The Morgan fingerprint density at radius 2 is 2.06 bits per heavy atom. The lowest BCUT2D eigenvalue weighted by molar-refractivity contribution is 0.0940. The largest absolute Gasteiger partial charge is 0.345 e. The van der Waals surface area contributed by atoms with Gasteiger partial charge >= 0.3 is 0 Å². The van der Waals surface area contributed by atoms with Crippen LogP contribution in [0.15, 0.2) is 35.7 Å². The summed E-state index contributed by atoms with van der Waals surface area (Å²) >= 11 is 1.66. The van der Waals surface area contributed by atoms with Crippen LogP contribution in [0.2, 0.25) is 0 Å². The number of hydrogen-bond acceptors (Lipinski definition) is 2. The molecule has 0 aliphatic carbocycles. The Bertz CT molecular complexity index is 546. The summed E-state index contributed by atoms with van der Waals surface area (Å²) in [5, 5.41) is 5.05. The highest BCUT2D eigenvalue weighted by molar-refractivity contribution is 7.10. The fourth-order valence-electron chi connectivity index (χ4n) is 1.95. The molecule has 0 saturated heterocycles. The number of rotatable bonds is 3. The van der Waals surface area contributed by atoms with E-state index in [4.69, 9.17) is 0 Å². The zero-order valence-corrected chi connectivity index (χ0v) is 11.7. The fraction of sp³-hybridized carbons (Fsp3) is 0.267. The highest BCUT2D eigenvalue weighted by Crippen LogP contribution is 2.19. The number of nitrogens with one attached hydrogen (secondary N) is 1. The minimum absolute atomic E-state index is 0.00611. The Balaban J connectivity index is 2.12. The summed E-state index contributed by atoms with van der Waals surface area (Å²) in [5.41, 5.74) is 2.95. The van der Waals surface area contributed by atoms with Gasteiger partial charge in [0.05, 0.1) is 6.04 Å². The number of benzene rings is 1. The molecule has 1 aromatic heterocycles. The molecule has 3 heteroatoms. The molecule has 1 amide bonds. The van der Waals surface area contributed by atoms with Crippen LogP contribution in [0.25, 0.3) is 0 Å². The monoisotopic (exact) mass is 259 g/mol. The normalized spacial score (nSPS) is 12.2. The molecule has 0 radical (unpaired) electrons. The molecule has 1 N–H and O–H groups in total. The van der Waals surface area contributed by atoms with Crippen molar-refractivity contribution < 1.29 is 4.79 Å². The Hall–Kier alpha value is -1.61. The van der Waals surface area contributed by atoms with E-state index in [9.17, 15) is 4.79 Å². The van der Waals surface area contributed by atoms with Crippen LogP contribution in [-0.2, 0) is 0 Å². The molecule has 94 valence electrons. The lowest BCUT2D eigenvalue weighted by Gasteiger charge is -2.13. The molecule has 18 heavy (non-hydrogen) atoms. The molecule has 0 spiro atoms. The molecule has 0 aliphatic rings. The highest BCUT2D eigenvalue weighted by atomic mass is 32.1. The Morgan fingerprint density at radius 1 is 1.28 bits per heavy atom. The van der Waals surface area contributed by atoms with Gasteiger partial charge in [0.25, 0.3) is 5.91 Å². The van der Waals surface area contributed by atoms with Crippen molar-refractivity contribution >= 4 is 17.2 Å². The van der Waals surface area contributed by atoms with Gasteiger partial charge in [-0.15, -0.1) is 11.3 Å². The maximum absolute atomic E-state index is 12.2. The topological polar surface area (TPSA) is 29.1 Å². The summed E-state index contributed by atoms with van der Waals surface area (Å²) < 4.78 is 0. The lowest BCUT2D eigenvalue weighted by Crippen LogP contribution is -2.26. The second-order valence-electron chi connectivity index (χ2n) is 4.53. The second kappa shape index (κ2) is 5.36. The number of hydrogen-bond donors (Lipinski definition) is 1. The van der Waals surface area contributed by atoms with Crippen LogP contribution in [0.4, 0.5) is 0 Å². The summed E-state index contributed by atoms with van der Waals surface area (Å²) in [6.45, 7) is 6.01. The van der Waals surface area contributed by atoms with E-state index < -0.39 is 0 Å². The molecule has 0 aliphatic heterocycles. The molecule has 1 unspecified atom stereocenters. The van der Waals surface area contributed by atoms with E-state index in [1.165, 1.54) is 10.4 Å². The van der Waals surface area contributed by atoms with E-state index in [1.54, 1.807) is 11.3 Å². The zero-order chi connectivity index (χ0) is 13.1. The molecule has 1 aromatic carbocycles. The van der Waals surface area contributed by atoms with Crippen LogP contribution in [-0.4, -0.2) is 5.91 Å². The number of aryl methyl sites for hydroxylation is 2. The van der Waals surface area contributed by atoms with Crippen LogP contribution in [0.3, 0.4) is 0 Å². The van der Waals surface area contributed by atoms with Gasteiger partial charge in [-0.1, -0.05) is 23.8 Å². The van der Waals surface area contributed by atoms with Crippen molar-refractivity contribution in [3.63, 3.8) is 0 Å². The third-order valence-corrected chi connectivity index (χ3v) is 4.00. The second-order valence-corrected chi connectivity index (χ2v) is 5.51. The molecule has 0 saturated carbocycles. The summed E-state index contributed by atoms with van der Waals surface area (Å²) in [7, 11) is 0. The Labute approximate surface area is 112 Å². The van der Waals surface area contributed by atoms with Gasteiger partial charge in [0.2, 0.25) is 0 Å². The van der Waals surface area contributed by atoms with Crippen molar-refractivity contribution in [3.05, 3.63) is 57.3 Å². The first-order valence-electron chi connectivity index (χ1n) is 5.99. The average Bonchev–Trinajstić information content (AvgIpc) is 2.81. The van der Waals surface area contributed by atoms with E-state index in [0.29, 0.717) is 0 Å². The number of amides is 1.